The van der Waals surface area contributed by atoms with E-state index in [1.807, 2.05) is 4.90 Å². The van der Waals surface area contributed by atoms with E-state index in [1.54, 1.807) is 12.1 Å². The molecule has 0 aliphatic carbocycles. The Hall–Kier alpha value is -1.91. The first-order valence-electron chi connectivity index (χ1n) is 7.82. The summed E-state index contributed by atoms with van der Waals surface area (Å²) in [5.74, 6) is -1.02. The molecule has 4 nitrogen and oxygen atoms in total. The van der Waals surface area contributed by atoms with Crippen molar-refractivity contribution in [2.45, 2.75) is 51.0 Å². The summed E-state index contributed by atoms with van der Waals surface area (Å²) in [5.41, 5.74) is 0.939. The summed E-state index contributed by atoms with van der Waals surface area (Å²) in [4.78, 5) is 25.0. The lowest BCUT2D eigenvalue weighted by Gasteiger charge is -2.35. The van der Waals surface area contributed by atoms with Crippen molar-refractivity contribution in [2.75, 3.05) is 6.54 Å². The molecule has 2 rings (SSSR count). The van der Waals surface area contributed by atoms with Gasteiger partial charge in [-0.05, 0) is 49.8 Å². The number of carboxylic acid groups (broad SMARTS) is 1. The number of halogens is 1. The Labute approximate surface area is 129 Å². The summed E-state index contributed by atoms with van der Waals surface area (Å²) in [6.07, 6.45) is 4.51. The number of carbonyl (C=O) groups is 2. The van der Waals surface area contributed by atoms with Crippen molar-refractivity contribution in [3.63, 3.8) is 0 Å². The Balaban J connectivity index is 1.88. The highest BCUT2D eigenvalue weighted by Gasteiger charge is 2.26. The Morgan fingerprint density at radius 1 is 1.18 bits per heavy atom. The first-order valence-corrected chi connectivity index (χ1v) is 7.82. The molecule has 1 heterocycles. The van der Waals surface area contributed by atoms with Gasteiger partial charge in [0, 0.05) is 25.4 Å². The minimum absolute atomic E-state index is 0.0468. The lowest BCUT2D eigenvalue weighted by molar-refractivity contribution is -0.140. The van der Waals surface area contributed by atoms with Gasteiger partial charge in [-0.25, -0.2) is 4.39 Å². The maximum Gasteiger partial charge on any atom is 0.303 e. The molecule has 1 aliphatic rings. The second-order valence-corrected chi connectivity index (χ2v) is 5.80. The maximum atomic E-state index is 12.9. The average Bonchev–Trinajstić information content (AvgIpc) is 2.52. The predicted octanol–water partition coefficient (Wildman–Crippen LogP) is 3.00. The molecule has 1 aromatic carbocycles. The molecule has 0 saturated carbocycles. The number of aliphatic carboxylic acids is 1. The van der Waals surface area contributed by atoms with Crippen LogP contribution in [0.5, 0.6) is 0 Å². The van der Waals surface area contributed by atoms with Crippen LogP contribution in [0.15, 0.2) is 24.3 Å². The molecule has 1 fully saturated rings. The number of benzene rings is 1. The first kappa shape index (κ1) is 16.5. The topological polar surface area (TPSA) is 57.6 Å². The molecule has 120 valence electrons. The highest BCUT2D eigenvalue weighted by atomic mass is 19.1. The molecule has 1 aromatic rings. The van der Waals surface area contributed by atoms with Crippen molar-refractivity contribution < 1.29 is 19.1 Å². The lowest BCUT2D eigenvalue weighted by atomic mass is 9.97. The van der Waals surface area contributed by atoms with Crippen molar-refractivity contribution in [3.8, 4) is 0 Å². The molecule has 1 saturated heterocycles. The average molecular weight is 307 g/mol. The van der Waals surface area contributed by atoms with Crippen molar-refractivity contribution >= 4 is 11.9 Å². The number of rotatable bonds is 6. The summed E-state index contributed by atoms with van der Waals surface area (Å²) in [6.45, 7) is 0.715. The number of likely N-dealkylation sites (tertiary alicyclic amines) is 1. The van der Waals surface area contributed by atoms with E-state index in [0.717, 1.165) is 24.8 Å². The molecule has 0 spiro atoms. The van der Waals surface area contributed by atoms with E-state index in [-0.39, 0.29) is 24.2 Å². The SMILES string of the molecule is O=C(O)CC[C@@H]1CCCCN1C(=O)CCc1ccc(F)cc1. The molecule has 1 atom stereocenters. The highest BCUT2D eigenvalue weighted by Crippen LogP contribution is 2.22. The number of hydrogen-bond acceptors (Lipinski definition) is 2. The Morgan fingerprint density at radius 2 is 1.91 bits per heavy atom. The van der Waals surface area contributed by atoms with Crippen LogP contribution in [0.3, 0.4) is 0 Å². The fourth-order valence-corrected chi connectivity index (χ4v) is 2.97. The van der Waals surface area contributed by atoms with Gasteiger partial charge in [0.15, 0.2) is 0 Å². The van der Waals surface area contributed by atoms with Gasteiger partial charge < -0.3 is 10.0 Å². The van der Waals surface area contributed by atoms with E-state index in [4.69, 9.17) is 5.11 Å². The van der Waals surface area contributed by atoms with Crippen LogP contribution in [-0.4, -0.2) is 34.5 Å². The quantitative estimate of drug-likeness (QED) is 0.879. The smallest absolute Gasteiger partial charge is 0.303 e. The third-order valence-corrected chi connectivity index (χ3v) is 4.18. The Morgan fingerprint density at radius 3 is 2.59 bits per heavy atom. The highest BCUT2D eigenvalue weighted by molar-refractivity contribution is 5.77. The number of amides is 1. The van der Waals surface area contributed by atoms with Gasteiger partial charge in [0.2, 0.25) is 5.91 Å². The van der Waals surface area contributed by atoms with Crippen LogP contribution in [0.2, 0.25) is 0 Å². The van der Waals surface area contributed by atoms with Gasteiger partial charge >= 0.3 is 5.97 Å². The number of piperidine rings is 1. The van der Waals surface area contributed by atoms with Crippen LogP contribution >= 0.6 is 0 Å². The second-order valence-electron chi connectivity index (χ2n) is 5.80. The standard InChI is InChI=1S/C17H22FNO3/c18-14-7-4-13(5-8-14)6-10-16(20)19-12-2-1-3-15(19)9-11-17(21)22/h4-5,7-8,15H,1-3,6,9-12H2,(H,21,22)/t15-/m0/s1. The van der Waals surface area contributed by atoms with Crippen LogP contribution in [0.4, 0.5) is 4.39 Å². The van der Waals surface area contributed by atoms with E-state index in [0.29, 0.717) is 25.8 Å². The third kappa shape index (κ3) is 4.83. The molecular weight excluding hydrogens is 285 g/mol. The zero-order valence-corrected chi connectivity index (χ0v) is 12.6. The number of hydrogen-bond donors (Lipinski definition) is 1. The maximum absolute atomic E-state index is 12.9. The van der Waals surface area contributed by atoms with E-state index in [1.165, 1.54) is 12.1 Å². The number of carboxylic acids is 1. The monoisotopic (exact) mass is 307 g/mol. The fourth-order valence-electron chi connectivity index (χ4n) is 2.97. The molecular formula is C17H22FNO3. The van der Waals surface area contributed by atoms with E-state index in [2.05, 4.69) is 0 Å². The van der Waals surface area contributed by atoms with E-state index >= 15 is 0 Å². The predicted molar refractivity (Wildman–Crippen MR) is 80.9 cm³/mol. The first-order chi connectivity index (χ1) is 10.6. The van der Waals surface area contributed by atoms with Gasteiger partial charge in [-0.1, -0.05) is 12.1 Å². The summed E-state index contributed by atoms with van der Waals surface area (Å²) in [6, 6.07) is 6.24. The number of nitrogens with zero attached hydrogens (tertiary/aromatic N) is 1. The van der Waals surface area contributed by atoms with Gasteiger partial charge in [-0.3, -0.25) is 9.59 Å². The van der Waals surface area contributed by atoms with Gasteiger partial charge in [0.25, 0.3) is 0 Å². The van der Waals surface area contributed by atoms with Crippen molar-refractivity contribution in [1.29, 1.82) is 0 Å². The van der Waals surface area contributed by atoms with Gasteiger partial charge in [-0.2, -0.15) is 0 Å². The van der Waals surface area contributed by atoms with E-state index < -0.39 is 5.97 Å². The van der Waals surface area contributed by atoms with Gasteiger partial charge in [-0.15, -0.1) is 0 Å². The van der Waals surface area contributed by atoms with Crippen LogP contribution in [0, 0.1) is 5.82 Å². The fraction of sp³-hybridized carbons (Fsp3) is 0.529. The third-order valence-electron chi connectivity index (χ3n) is 4.18. The van der Waals surface area contributed by atoms with Crippen molar-refractivity contribution in [2.24, 2.45) is 0 Å². The Kier molecular flexibility index (Phi) is 5.92. The zero-order chi connectivity index (χ0) is 15.9. The van der Waals surface area contributed by atoms with Crippen LogP contribution < -0.4 is 0 Å². The number of aryl methyl sites for hydroxylation is 1. The second kappa shape index (κ2) is 7.92. The summed E-state index contributed by atoms with van der Waals surface area (Å²) >= 11 is 0. The normalized spacial score (nSPS) is 18.2. The molecule has 1 N–H and O–H groups in total. The molecule has 1 amide bonds. The Bertz CT molecular complexity index is 515. The minimum Gasteiger partial charge on any atom is -0.481 e. The van der Waals surface area contributed by atoms with Crippen molar-refractivity contribution in [3.05, 3.63) is 35.6 Å². The molecule has 1 aliphatic heterocycles. The lowest BCUT2D eigenvalue weighted by Crippen LogP contribution is -2.44. The summed E-state index contributed by atoms with van der Waals surface area (Å²) in [7, 11) is 0. The molecule has 22 heavy (non-hydrogen) atoms. The molecule has 0 radical (unpaired) electrons. The summed E-state index contributed by atoms with van der Waals surface area (Å²) in [5, 5.41) is 8.81. The van der Waals surface area contributed by atoms with Gasteiger partial charge in [0.05, 0.1) is 0 Å². The minimum atomic E-state index is -0.815. The molecule has 5 heteroatoms. The molecule has 0 aromatic heterocycles. The van der Waals surface area contributed by atoms with Crippen LogP contribution in [-0.2, 0) is 16.0 Å². The zero-order valence-electron chi connectivity index (χ0n) is 12.6. The number of carbonyl (C=O) groups excluding carboxylic acids is 1. The van der Waals surface area contributed by atoms with Crippen LogP contribution in [0.1, 0.15) is 44.1 Å². The van der Waals surface area contributed by atoms with E-state index in [9.17, 15) is 14.0 Å². The summed E-state index contributed by atoms with van der Waals surface area (Å²) < 4.78 is 12.9. The molecule has 0 bridgehead atoms. The molecule has 0 unspecified atom stereocenters. The van der Waals surface area contributed by atoms with Gasteiger partial charge in [0.1, 0.15) is 5.82 Å². The largest absolute Gasteiger partial charge is 0.481 e. The van der Waals surface area contributed by atoms with Crippen molar-refractivity contribution in [1.82, 2.24) is 4.90 Å². The van der Waals surface area contributed by atoms with Crippen LogP contribution in [0.25, 0.3) is 0 Å².